The summed E-state index contributed by atoms with van der Waals surface area (Å²) in [7, 11) is 0. The Morgan fingerprint density at radius 3 is 0.889 bits per heavy atom. The molecule has 2 aromatic carbocycles. The highest BCUT2D eigenvalue weighted by Crippen LogP contribution is 2.51. The summed E-state index contributed by atoms with van der Waals surface area (Å²) in [6.45, 7) is 0. The Kier molecular flexibility index (Phi) is 7.93. The van der Waals surface area contributed by atoms with Gasteiger partial charge in [0.05, 0.1) is 29.3 Å². The number of carbonyl (C=O) groups excluding carboxylic acids is 6. The summed E-state index contributed by atoms with van der Waals surface area (Å²) in [6, 6.07) is 4.01. The van der Waals surface area contributed by atoms with Gasteiger partial charge in [0.25, 0.3) is 0 Å². The molecule has 2 aliphatic rings. The Labute approximate surface area is 306 Å². The second-order valence-electron chi connectivity index (χ2n) is 11.3. The molecule has 0 saturated carbocycles. The minimum atomic E-state index is -2.50. The predicted molar refractivity (Wildman–Crippen MR) is 171 cm³/mol. The highest BCUT2D eigenvalue weighted by atomic mass is 32.1. The zero-order chi connectivity index (χ0) is 39.0. The molecule has 0 atom stereocenters. The molecule has 0 saturated heterocycles. The van der Waals surface area contributed by atoms with Crippen molar-refractivity contribution in [3.05, 3.63) is 126 Å². The summed E-state index contributed by atoms with van der Waals surface area (Å²) in [4.78, 5) is 77.4. The number of carbonyl (C=O) groups is 6. The van der Waals surface area contributed by atoms with Crippen LogP contribution in [0.2, 0.25) is 0 Å². The van der Waals surface area contributed by atoms with E-state index >= 15 is 0 Å². The Bertz CT molecular complexity index is 2610. The summed E-state index contributed by atoms with van der Waals surface area (Å²) >= 11 is 2.49. The summed E-state index contributed by atoms with van der Waals surface area (Å²) in [5.74, 6) is -32.1. The largest absolute Gasteiger partial charge is 0.287 e. The van der Waals surface area contributed by atoms with Crippen molar-refractivity contribution in [1.82, 2.24) is 0 Å². The molecular weight excluding hydrogens is 823 g/mol. The van der Waals surface area contributed by atoms with Gasteiger partial charge in [0, 0.05) is 32.0 Å². The molecule has 20 heteroatoms. The van der Waals surface area contributed by atoms with Gasteiger partial charge in [-0.3, -0.25) is 28.8 Å². The summed E-state index contributed by atoms with van der Waals surface area (Å²) in [6.07, 6.45) is 0. The number of ketones is 6. The van der Waals surface area contributed by atoms with Gasteiger partial charge in [-0.15, -0.1) is 45.3 Å². The van der Waals surface area contributed by atoms with Gasteiger partial charge in [-0.1, -0.05) is 0 Å². The van der Waals surface area contributed by atoms with Gasteiger partial charge in [-0.05, 0) is 24.3 Å². The molecule has 6 aromatic rings. The topological polar surface area (TPSA) is 102 Å². The third kappa shape index (κ3) is 4.76. The lowest BCUT2D eigenvalue weighted by Crippen LogP contribution is -2.18. The number of hydrogen-bond donors (Lipinski definition) is 0. The molecule has 4 heterocycles. The molecule has 2 aliphatic carbocycles. The lowest BCUT2D eigenvalue weighted by Gasteiger charge is -2.08. The number of hydrogen-bond acceptors (Lipinski definition) is 10. The summed E-state index contributed by atoms with van der Waals surface area (Å²) in [5, 5.41) is 0. The molecule has 0 radical (unpaired) electrons. The van der Waals surface area contributed by atoms with Crippen LogP contribution in [0.3, 0.4) is 0 Å². The van der Waals surface area contributed by atoms with E-state index in [1.54, 1.807) is 0 Å². The third-order valence-electron chi connectivity index (χ3n) is 8.30. The molecule has 0 bridgehead atoms. The maximum absolute atomic E-state index is 14.4. The van der Waals surface area contributed by atoms with E-state index in [0.29, 0.717) is 22.7 Å². The molecule has 0 amide bonds. The molecule has 54 heavy (non-hydrogen) atoms. The average molecular weight is 827 g/mol. The first kappa shape index (κ1) is 35.6. The van der Waals surface area contributed by atoms with Crippen LogP contribution in [0.25, 0.3) is 29.3 Å². The lowest BCUT2D eigenvalue weighted by molar-refractivity contribution is 0.0816. The van der Waals surface area contributed by atoms with Crippen LogP contribution >= 0.6 is 45.3 Å². The van der Waals surface area contributed by atoms with Crippen molar-refractivity contribution in [2.75, 3.05) is 0 Å². The van der Waals surface area contributed by atoms with Gasteiger partial charge in [0.15, 0.2) is 46.5 Å². The van der Waals surface area contributed by atoms with E-state index in [-0.39, 0.29) is 40.4 Å². The number of fused-ring (bicyclic) bond motifs is 6. The molecule has 8 rings (SSSR count). The second kappa shape index (κ2) is 12.0. The number of benzene rings is 2. The maximum atomic E-state index is 14.4. The van der Waals surface area contributed by atoms with Crippen LogP contribution in [-0.2, 0) is 0 Å². The van der Waals surface area contributed by atoms with Crippen LogP contribution in [0.15, 0.2) is 24.3 Å². The molecule has 0 N–H and O–H groups in total. The predicted octanol–water partition coefficient (Wildman–Crippen LogP) is 9.54. The second-order valence-corrected chi connectivity index (χ2v) is 15.5. The van der Waals surface area contributed by atoms with E-state index in [2.05, 4.69) is 0 Å². The molecule has 0 aliphatic heterocycles. The van der Waals surface area contributed by atoms with Crippen LogP contribution in [0, 0.1) is 58.2 Å². The molecule has 4 aromatic heterocycles. The van der Waals surface area contributed by atoms with Crippen molar-refractivity contribution in [3.63, 3.8) is 0 Å². The van der Waals surface area contributed by atoms with Gasteiger partial charge in [0.2, 0.25) is 46.3 Å². The van der Waals surface area contributed by atoms with Crippen molar-refractivity contribution < 1.29 is 72.7 Å². The standard InChI is InChI=1S/C34H4F10O6S4/c35-15-13(16(36)20(40)23(43)19(15)39)29(49)11-3-7-27(47)25(45)5-1-9(51-31(5)33(7)53-11)10-2-6-26(46)28(48)8-4-12(54-34(8)32(6)52-10)30(50)14-17(37)21(41)24(44)22(42)18(14)38/h1-4H. The lowest BCUT2D eigenvalue weighted by atomic mass is 9.94. The van der Waals surface area contributed by atoms with Gasteiger partial charge < -0.3 is 0 Å². The van der Waals surface area contributed by atoms with Crippen LogP contribution in [0.1, 0.15) is 71.9 Å². The maximum Gasteiger partial charge on any atom is 0.235 e. The van der Waals surface area contributed by atoms with Crippen molar-refractivity contribution in [3.8, 4) is 29.3 Å². The van der Waals surface area contributed by atoms with E-state index in [1.165, 1.54) is 12.1 Å². The highest BCUT2D eigenvalue weighted by Gasteiger charge is 2.40. The highest BCUT2D eigenvalue weighted by molar-refractivity contribution is 7.30. The summed E-state index contributed by atoms with van der Waals surface area (Å²) < 4.78 is 140. The molecule has 0 fully saturated rings. The van der Waals surface area contributed by atoms with E-state index in [4.69, 9.17) is 0 Å². The van der Waals surface area contributed by atoms with E-state index in [1.807, 2.05) is 0 Å². The Hall–Kier alpha value is -5.44. The zero-order valence-corrected chi connectivity index (χ0v) is 28.4. The molecular formula is C34H4F10O6S4. The van der Waals surface area contributed by atoms with Crippen LogP contribution in [0.4, 0.5) is 43.9 Å². The third-order valence-corrected chi connectivity index (χ3v) is 13.4. The molecule has 0 spiro atoms. The minimum absolute atomic E-state index is 0.0485. The first-order chi connectivity index (χ1) is 25.4. The van der Waals surface area contributed by atoms with Gasteiger partial charge in [-0.2, -0.15) is 0 Å². The van der Waals surface area contributed by atoms with Gasteiger partial charge in [0.1, 0.15) is 11.1 Å². The van der Waals surface area contributed by atoms with Crippen molar-refractivity contribution in [2.24, 2.45) is 0 Å². The van der Waals surface area contributed by atoms with Crippen LogP contribution in [0.5, 0.6) is 0 Å². The monoisotopic (exact) mass is 826 g/mol. The van der Waals surface area contributed by atoms with E-state index < -0.39 is 125 Å². The van der Waals surface area contributed by atoms with Crippen molar-refractivity contribution in [2.45, 2.75) is 0 Å². The first-order valence-corrected chi connectivity index (χ1v) is 17.6. The number of rotatable bonds is 5. The fourth-order valence-electron chi connectivity index (χ4n) is 5.72. The minimum Gasteiger partial charge on any atom is -0.287 e. The summed E-state index contributed by atoms with van der Waals surface area (Å²) in [5.41, 5.74) is -4.82. The number of thiophene rings is 4. The van der Waals surface area contributed by atoms with Gasteiger partial charge >= 0.3 is 0 Å². The smallest absolute Gasteiger partial charge is 0.235 e. The Morgan fingerprint density at radius 2 is 0.593 bits per heavy atom. The number of Topliss-reactive ketones (excluding diaryl/α,β-unsaturated/α-hetero) is 4. The fraction of sp³-hybridized carbons (Fsp3) is 0. The molecule has 0 unspecified atom stereocenters. The Morgan fingerprint density at radius 1 is 0.352 bits per heavy atom. The molecule has 270 valence electrons. The van der Waals surface area contributed by atoms with Crippen LogP contribution in [-0.4, -0.2) is 34.7 Å². The van der Waals surface area contributed by atoms with Gasteiger partial charge in [-0.25, -0.2) is 43.9 Å². The normalized spacial score (nSPS) is 13.3. The Balaban J connectivity index is 1.20. The van der Waals surface area contributed by atoms with Crippen LogP contribution < -0.4 is 0 Å². The zero-order valence-electron chi connectivity index (χ0n) is 25.2. The fourth-order valence-corrected chi connectivity index (χ4v) is 10.6. The number of halogens is 10. The SMILES string of the molecule is O=C1C(=O)c2cc(-c3cc4c(s3)-c3sc(C(=O)c5c(F)c(F)c(F)c(F)c5F)cc3C(=O)C4=O)sc2-c2sc(C(=O)c3c(F)c(F)c(F)c(F)c3F)cc21. The van der Waals surface area contributed by atoms with E-state index in [0.717, 1.165) is 34.8 Å². The first-order valence-electron chi connectivity index (χ1n) is 14.3. The quantitative estimate of drug-likeness (QED) is 0.0565. The molecule has 6 nitrogen and oxygen atoms in total. The van der Waals surface area contributed by atoms with Crippen molar-refractivity contribution >= 4 is 80.0 Å². The van der Waals surface area contributed by atoms with E-state index in [9.17, 15) is 72.7 Å². The van der Waals surface area contributed by atoms with Crippen molar-refractivity contribution in [1.29, 1.82) is 0 Å². The average Bonchev–Trinajstić information content (AvgIpc) is 3.96.